The maximum Gasteiger partial charge on any atom is 0.252 e. The maximum absolute atomic E-state index is 14.5. The summed E-state index contributed by atoms with van der Waals surface area (Å²) < 4.78 is 18.0. The van der Waals surface area contributed by atoms with E-state index < -0.39 is 12.2 Å². The molecule has 11 heteroatoms. The molecule has 6 rings (SSSR count). The van der Waals surface area contributed by atoms with Crippen LogP contribution in [-0.4, -0.2) is 145 Å². The van der Waals surface area contributed by atoms with E-state index in [1.54, 1.807) is 0 Å². The summed E-state index contributed by atoms with van der Waals surface area (Å²) in [6.45, 7) is 16.2. The topological polar surface area (TPSA) is 115 Å². The van der Waals surface area contributed by atoms with Gasteiger partial charge in [0.2, 0.25) is 0 Å². The molecule has 0 aromatic heterocycles. The lowest BCUT2D eigenvalue weighted by Gasteiger charge is -2.42. The SMILES string of the molecule is Cc1cc(C[C@@H](O[C@H](Cc2cc(C)c(O)c(C)c2)C(=O)N2CCN(C3CCOCC3)CC2)C(=O)N2CCN(C3CCOCC3)CC2)cc(C)c1O. The van der Waals surface area contributed by atoms with Gasteiger partial charge in [-0.05, 0) is 86.8 Å². The fourth-order valence-electron chi connectivity index (χ4n) is 8.46. The first-order valence-corrected chi connectivity index (χ1v) is 19.0. The number of rotatable bonds is 10. The van der Waals surface area contributed by atoms with Crippen molar-refractivity contribution in [3.05, 3.63) is 57.6 Å². The summed E-state index contributed by atoms with van der Waals surface area (Å²) in [4.78, 5) is 37.8. The van der Waals surface area contributed by atoms with Gasteiger partial charge in [-0.2, -0.15) is 0 Å². The van der Waals surface area contributed by atoms with E-state index in [2.05, 4.69) is 9.80 Å². The van der Waals surface area contributed by atoms with Crippen molar-refractivity contribution in [1.82, 2.24) is 19.6 Å². The molecule has 2 amide bonds. The third kappa shape index (κ3) is 9.24. The number of hydrogen-bond acceptors (Lipinski definition) is 9. The Morgan fingerprint density at radius 3 is 1.24 bits per heavy atom. The van der Waals surface area contributed by atoms with E-state index in [9.17, 15) is 19.8 Å². The van der Waals surface area contributed by atoms with E-state index in [0.717, 1.165) is 112 Å². The number of benzene rings is 2. The van der Waals surface area contributed by atoms with Gasteiger partial charge >= 0.3 is 0 Å². The van der Waals surface area contributed by atoms with Gasteiger partial charge in [0.15, 0.2) is 0 Å². The number of carbonyl (C=O) groups is 2. The van der Waals surface area contributed by atoms with E-state index in [-0.39, 0.29) is 36.2 Å². The van der Waals surface area contributed by atoms with E-state index in [4.69, 9.17) is 14.2 Å². The number of nitrogens with zero attached hydrogens (tertiary/aromatic N) is 4. The van der Waals surface area contributed by atoms with E-state index in [0.29, 0.717) is 38.3 Å². The quantitative estimate of drug-likeness (QED) is 0.383. The van der Waals surface area contributed by atoms with Crippen molar-refractivity contribution in [3.63, 3.8) is 0 Å². The van der Waals surface area contributed by atoms with Crippen LogP contribution in [0, 0.1) is 27.7 Å². The predicted octanol–water partition coefficient (Wildman–Crippen LogP) is 3.52. The highest BCUT2D eigenvalue weighted by Gasteiger charge is 2.37. The Kier molecular flexibility index (Phi) is 12.6. The second kappa shape index (κ2) is 17.1. The summed E-state index contributed by atoms with van der Waals surface area (Å²) >= 11 is 0. The molecule has 11 nitrogen and oxygen atoms in total. The second-order valence-corrected chi connectivity index (χ2v) is 15.1. The van der Waals surface area contributed by atoms with Gasteiger partial charge in [0.05, 0.1) is 0 Å². The number of hydrogen-bond donors (Lipinski definition) is 2. The molecule has 2 atom stereocenters. The lowest BCUT2D eigenvalue weighted by Crippen LogP contribution is -2.57. The molecule has 2 aromatic carbocycles. The molecule has 0 bridgehead atoms. The molecular formula is C40H58N4O7. The van der Waals surface area contributed by atoms with Crippen LogP contribution in [0.4, 0.5) is 0 Å². The number of amides is 2. The van der Waals surface area contributed by atoms with Crippen LogP contribution in [0.2, 0.25) is 0 Å². The Bertz CT molecular complexity index is 1350. The monoisotopic (exact) mass is 706 g/mol. The number of aryl methyl sites for hydroxylation is 4. The van der Waals surface area contributed by atoms with Crippen LogP contribution >= 0.6 is 0 Å². The highest BCUT2D eigenvalue weighted by atomic mass is 16.5. The zero-order chi connectivity index (χ0) is 36.1. The summed E-state index contributed by atoms with van der Waals surface area (Å²) in [5.41, 5.74) is 4.74. The van der Waals surface area contributed by atoms with Gasteiger partial charge in [-0.3, -0.25) is 19.4 Å². The van der Waals surface area contributed by atoms with E-state index in [1.165, 1.54) is 0 Å². The standard InChI is InChI=1S/C40H58N4O7/c1-27-21-31(22-28(2)37(27)45)25-35(39(47)43-13-9-41(10-14-43)33-5-17-49-18-6-33)51-36(26-32-23-29(3)38(46)30(4)24-32)40(48)44-15-11-42(12-16-44)34-7-19-50-20-8-34/h21-24,33-36,45-46H,5-20,25-26H2,1-4H3/t35-,36-/m1/s1. The number of phenolic OH excluding ortho intramolecular Hbond substituents is 2. The summed E-state index contributed by atoms with van der Waals surface area (Å²) in [6.07, 6.45) is 2.86. The molecule has 0 unspecified atom stereocenters. The van der Waals surface area contributed by atoms with Crippen LogP contribution in [0.15, 0.2) is 24.3 Å². The summed E-state index contributed by atoms with van der Waals surface area (Å²) in [7, 11) is 0. The molecule has 51 heavy (non-hydrogen) atoms. The molecular weight excluding hydrogens is 648 g/mol. The molecule has 0 radical (unpaired) electrons. The van der Waals surface area contributed by atoms with Crippen molar-refractivity contribution >= 4 is 11.8 Å². The number of carbonyl (C=O) groups excluding carboxylic acids is 2. The third-order valence-corrected chi connectivity index (χ3v) is 11.5. The van der Waals surface area contributed by atoms with Crippen LogP contribution in [0.25, 0.3) is 0 Å². The lowest BCUT2D eigenvalue weighted by molar-refractivity contribution is -0.160. The van der Waals surface area contributed by atoms with Crippen molar-refractivity contribution in [2.24, 2.45) is 0 Å². The molecule has 4 saturated heterocycles. The Morgan fingerprint density at radius 2 is 0.922 bits per heavy atom. The molecule has 280 valence electrons. The van der Waals surface area contributed by atoms with Gasteiger partial charge in [-0.1, -0.05) is 24.3 Å². The Labute approximate surface area is 303 Å². The zero-order valence-corrected chi connectivity index (χ0v) is 31.1. The van der Waals surface area contributed by atoms with E-state index >= 15 is 0 Å². The first-order chi connectivity index (χ1) is 24.6. The van der Waals surface area contributed by atoms with Gasteiger partial charge in [-0.25, -0.2) is 0 Å². The number of aromatic hydroxyl groups is 2. The minimum absolute atomic E-state index is 0.106. The average Bonchev–Trinajstić information content (AvgIpc) is 3.15. The van der Waals surface area contributed by atoms with Gasteiger partial charge in [0.1, 0.15) is 23.7 Å². The largest absolute Gasteiger partial charge is 0.507 e. The van der Waals surface area contributed by atoms with Crippen molar-refractivity contribution < 1.29 is 34.0 Å². The first kappa shape index (κ1) is 37.5. The summed E-state index contributed by atoms with van der Waals surface area (Å²) in [5, 5.41) is 21.0. The molecule has 0 aliphatic carbocycles. The Hall–Kier alpha value is -3.22. The fourth-order valence-corrected chi connectivity index (χ4v) is 8.46. The maximum atomic E-state index is 14.5. The highest BCUT2D eigenvalue weighted by molar-refractivity contribution is 5.84. The Morgan fingerprint density at radius 1 is 0.608 bits per heavy atom. The molecule has 2 N–H and O–H groups in total. The van der Waals surface area contributed by atoms with Gasteiger partial charge in [0, 0.05) is 104 Å². The smallest absolute Gasteiger partial charge is 0.252 e. The minimum atomic E-state index is -0.889. The summed E-state index contributed by atoms with van der Waals surface area (Å²) in [5.74, 6) is 0.283. The average molecular weight is 707 g/mol. The first-order valence-electron chi connectivity index (χ1n) is 19.0. The van der Waals surface area contributed by atoms with E-state index in [1.807, 2.05) is 61.8 Å². The normalized spacial score (nSPS) is 21.5. The van der Waals surface area contributed by atoms with Crippen molar-refractivity contribution in [2.75, 3.05) is 78.8 Å². The molecule has 4 fully saturated rings. The molecule has 4 heterocycles. The van der Waals surface area contributed by atoms with Crippen LogP contribution < -0.4 is 0 Å². The fraction of sp³-hybridized carbons (Fsp3) is 0.650. The van der Waals surface area contributed by atoms with Crippen LogP contribution in [0.1, 0.15) is 59.1 Å². The number of ether oxygens (including phenoxy) is 3. The van der Waals surface area contributed by atoms with Crippen molar-refractivity contribution in [2.45, 2.75) is 90.5 Å². The van der Waals surface area contributed by atoms with Gasteiger partial charge < -0.3 is 34.2 Å². The molecule has 0 saturated carbocycles. The third-order valence-electron chi connectivity index (χ3n) is 11.5. The van der Waals surface area contributed by atoms with Crippen LogP contribution in [-0.2, 0) is 36.6 Å². The predicted molar refractivity (Wildman–Crippen MR) is 195 cm³/mol. The molecule has 2 aromatic rings. The minimum Gasteiger partial charge on any atom is -0.507 e. The number of phenols is 2. The Balaban J connectivity index is 1.24. The van der Waals surface area contributed by atoms with Crippen LogP contribution in [0.3, 0.4) is 0 Å². The van der Waals surface area contributed by atoms with Crippen molar-refractivity contribution in [3.8, 4) is 11.5 Å². The second-order valence-electron chi connectivity index (χ2n) is 15.1. The molecule has 4 aliphatic rings. The zero-order valence-electron chi connectivity index (χ0n) is 31.1. The lowest BCUT2D eigenvalue weighted by atomic mass is 9.98. The van der Waals surface area contributed by atoms with Crippen LogP contribution in [0.5, 0.6) is 11.5 Å². The molecule has 0 spiro atoms. The highest BCUT2D eigenvalue weighted by Crippen LogP contribution is 2.28. The van der Waals surface area contributed by atoms with Gasteiger partial charge in [0.25, 0.3) is 11.8 Å². The van der Waals surface area contributed by atoms with Gasteiger partial charge in [-0.15, -0.1) is 0 Å². The molecule has 4 aliphatic heterocycles. The summed E-state index contributed by atoms with van der Waals surface area (Å²) in [6, 6.07) is 8.61. The number of piperazine rings is 2. The van der Waals surface area contributed by atoms with Crippen molar-refractivity contribution in [1.29, 1.82) is 0 Å².